The van der Waals surface area contributed by atoms with Gasteiger partial charge in [-0.1, -0.05) is 13.8 Å². The molecule has 1 fully saturated rings. The van der Waals surface area contributed by atoms with E-state index in [0.717, 1.165) is 12.8 Å². The summed E-state index contributed by atoms with van der Waals surface area (Å²) in [6.45, 7) is 6.36. The van der Waals surface area contributed by atoms with Crippen molar-refractivity contribution in [2.24, 2.45) is 5.92 Å². The van der Waals surface area contributed by atoms with E-state index in [1.807, 2.05) is 0 Å². The van der Waals surface area contributed by atoms with Crippen molar-refractivity contribution in [2.45, 2.75) is 64.3 Å². The molecule has 8 heteroatoms. The predicted octanol–water partition coefficient (Wildman–Crippen LogP) is -0.600. The largest absolute Gasteiger partial charge is 0.394 e. The molecule has 1 aliphatic heterocycles. The number of nitrogens with one attached hydrogen (secondary N) is 1. The summed E-state index contributed by atoms with van der Waals surface area (Å²) in [5, 5.41) is 31.7. The molecule has 5 unspecified atom stereocenters. The average molecular weight is 349 g/mol. The van der Waals surface area contributed by atoms with Crippen molar-refractivity contribution in [3.63, 3.8) is 0 Å². The molecule has 4 N–H and O–H groups in total. The Bertz CT molecular complexity index is 366. The minimum Gasteiger partial charge on any atom is -0.394 e. The molecule has 5 atom stereocenters. The summed E-state index contributed by atoms with van der Waals surface area (Å²) in [7, 11) is 0. The van der Waals surface area contributed by atoms with E-state index in [1.165, 1.54) is 6.92 Å². The van der Waals surface area contributed by atoms with Crippen molar-refractivity contribution in [1.82, 2.24) is 5.32 Å². The van der Waals surface area contributed by atoms with E-state index >= 15 is 0 Å². The van der Waals surface area contributed by atoms with Crippen molar-refractivity contribution in [2.75, 3.05) is 26.4 Å². The normalized spacial score (nSPS) is 30.5. The molecule has 0 aromatic carbocycles. The first kappa shape index (κ1) is 21.3. The number of aliphatic hydroxyl groups excluding tert-OH is 3. The lowest BCUT2D eigenvalue weighted by Crippen LogP contribution is -2.64. The van der Waals surface area contributed by atoms with Crippen LogP contribution in [-0.2, 0) is 19.0 Å². The molecule has 0 radical (unpaired) electrons. The quantitative estimate of drug-likeness (QED) is 0.389. The summed E-state index contributed by atoms with van der Waals surface area (Å²) in [6, 6.07) is -0.916. The molecule has 0 aromatic rings. The number of carbonyl (C=O) groups excluding carboxylic acids is 1. The van der Waals surface area contributed by atoms with Gasteiger partial charge >= 0.3 is 0 Å². The van der Waals surface area contributed by atoms with Gasteiger partial charge in [-0.15, -0.1) is 0 Å². The van der Waals surface area contributed by atoms with E-state index in [0.29, 0.717) is 19.1 Å². The molecule has 1 heterocycles. The summed E-state index contributed by atoms with van der Waals surface area (Å²) in [5.74, 6) is 0.262. The SMILES string of the molecule is CC(=O)NC1C(OCCOCCCC(C)C)OC(CO)C(O)C1O. The molecule has 1 amide bonds. The summed E-state index contributed by atoms with van der Waals surface area (Å²) in [6.07, 6.45) is -2.47. The van der Waals surface area contributed by atoms with Crippen LogP contribution in [0.3, 0.4) is 0 Å². The molecule has 8 nitrogen and oxygen atoms in total. The van der Waals surface area contributed by atoms with Crippen LogP contribution >= 0.6 is 0 Å². The number of hydrogen-bond acceptors (Lipinski definition) is 7. The van der Waals surface area contributed by atoms with Gasteiger partial charge in [-0.25, -0.2) is 0 Å². The van der Waals surface area contributed by atoms with Gasteiger partial charge in [0.1, 0.15) is 24.4 Å². The number of amides is 1. The molecule has 142 valence electrons. The molecule has 0 aromatic heterocycles. The van der Waals surface area contributed by atoms with Gasteiger partial charge in [-0.3, -0.25) is 4.79 Å². The maximum atomic E-state index is 11.3. The Kier molecular flexibility index (Phi) is 9.72. The molecule has 1 saturated heterocycles. The Morgan fingerprint density at radius 2 is 1.92 bits per heavy atom. The Hall–Kier alpha value is -0.770. The number of rotatable bonds is 10. The maximum absolute atomic E-state index is 11.3. The minimum absolute atomic E-state index is 0.212. The van der Waals surface area contributed by atoms with Gasteiger partial charge < -0.3 is 34.8 Å². The molecule has 0 bridgehead atoms. The van der Waals surface area contributed by atoms with E-state index in [-0.39, 0.29) is 12.5 Å². The highest BCUT2D eigenvalue weighted by molar-refractivity contribution is 5.73. The lowest BCUT2D eigenvalue weighted by Gasteiger charge is -2.42. The molecule has 1 rings (SSSR count). The topological polar surface area (TPSA) is 117 Å². The van der Waals surface area contributed by atoms with Crippen LogP contribution in [0.15, 0.2) is 0 Å². The standard InChI is InChI=1S/C16H31NO7/c1-10(2)5-4-6-22-7-8-23-16-13(17-11(3)19)15(21)14(20)12(9-18)24-16/h10,12-16,18,20-21H,4-9H2,1-3H3,(H,17,19). The van der Waals surface area contributed by atoms with Crippen molar-refractivity contribution in [3.8, 4) is 0 Å². The Morgan fingerprint density at radius 3 is 2.50 bits per heavy atom. The molecule has 0 spiro atoms. The van der Waals surface area contributed by atoms with Crippen LogP contribution in [0.1, 0.15) is 33.6 Å². The van der Waals surface area contributed by atoms with Crippen LogP contribution in [0.25, 0.3) is 0 Å². The summed E-state index contributed by atoms with van der Waals surface area (Å²) in [4.78, 5) is 11.3. The fraction of sp³-hybridized carbons (Fsp3) is 0.938. The summed E-state index contributed by atoms with van der Waals surface area (Å²) >= 11 is 0. The fourth-order valence-corrected chi connectivity index (χ4v) is 2.53. The fourth-order valence-electron chi connectivity index (χ4n) is 2.53. The molecule has 1 aliphatic rings. The first-order valence-corrected chi connectivity index (χ1v) is 8.45. The zero-order chi connectivity index (χ0) is 18.1. The Labute approximate surface area is 143 Å². The highest BCUT2D eigenvalue weighted by atomic mass is 16.7. The summed E-state index contributed by atoms with van der Waals surface area (Å²) < 4.78 is 16.4. The van der Waals surface area contributed by atoms with E-state index in [9.17, 15) is 20.1 Å². The van der Waals surface area contributed by atoms with Gasteiger partial charge in [0.25, 0.3) is 0 Å². The number of hydrogen-bond donors (Lipinski definition) is 4. The van der Waals surface area contributed by atoms with Crippen molar-refractivity contribution >= 4 is 5.91 Å². The minimum atomic E-state index is -1.31. The zero-order valence-electron chi connectivity index (χ0n) is 14.7. The van der Waals surface area contributed by atoms with Gasteiger partial charge in [0, 0.05) is 13.5 Å². The Morgan fingerprint density at radius 1 is 1.21 bits per heavy atom. The highest BCUT2D eigenvalue weighted by Crippen LogP contribution is 2.22. The first-order chi connectivity index (χ1) is 11.4. The zero-order valence-corrected chi connectivity index (χ0v) is 14.7. The second-order valence-corrected chi connectivity index (χ2v) is 6.45. The molecular weight excluding hydrogens is 318 g/mol. The monoisotopic (exact) mass is 349 g/mol. The smallest absolute Gasteiger partial charge is 0.217 e. The van der Waals surface area contributed by atoms with Gasteiger partial charge in [0.05, 0.1) is 19.8 Å². The van der Waals surface area contributed by atoms with Crippen LogP contribution in [-0.4, -0.2) is 78.3 Å². The molecule has 24 heavy (non-hydrogen) atoms. The average Bonchev–Trinajstić information content (AvgIpc) is 2.52. The van der Waals surface area contributed by atoms with E-state index in [2.05, 4.69) is 19.2 Å². The third-order valence-electron chi connectivity index (χ3n) is 3.83. The second-order valence-electron chi connectivity index (χ2n) is 6.45. The van der Waals surface area contributed by atoms with Crippen LogP contribution in [0.2, 0.25) is 0 Å². The third-order valence-corrected chi connectivity index (χ3v) is 3.83. The molecular formula is C16H31NO7. The lowest BCUT2D eigenvalue weighted by atomic mass is 9.97. The van der Waals surface area contributed by atoms with Crippen molar-refractivity contribution < 1.29 is 34.3 Å². The van der Waals surface area contributed by atoms with Crippen LogP contribution in [0.4, 0.5) is 0 Å². The van der Waals surface area contributed by atoms with E-state index < -0.39 is 37.3 Å². The second kappa shape index (κ2) is 11.0. The number of ether oxygens (including phenoxy) is 3. The van der Waals surface area contributed by atoms with Gasteiger partial charge in [-0.05, 0) is 18.8 Å². The van der Waals surface area contributed by atoms with E-state index in [1.54, 1.807) is 0 Å². The van der Waals surface area contributed by atoms with Gasteiger partial charge in [0.15, 0.2) is 6.29 Å². The van der Waals surface area contributed by atoms with Crippen LogP contribution < -0.4 is 5.32 Å². The lowest BCUT2D eigenvalue weighted by molar-refractivity contribution is -0.272. The summed E-state index contributed by atoms with van der Waals surface area (Å²) in [5.41, 5.74) is 0. The van der Waals surface area contributed by atoms with Crippen LogP contribution in [0.5, 0.6) is 0 Å². The van der Waals surface area contributed by atoms with Crippen LogP contribution in [0, 0.1) is 5.92 Å². The maximum Gasteiger partial charge on any atom is 0.217 e. The Balaban J connectivity index is 2.41. The highest BCUT2D eigenvalue weighted by Gasteiger charge is 2.45. The van der Waals surface area contributed by atoms with Gasteiger partial charge in [-0.2, -0.15) is 0 Å². The van der Waals surface area contributed by atoms with Crippen molar-refractivity contribution in [3.05, 3.63) is 0 Å². The predicted molar refractivity (Wildman–Crippen MR) is 86.2 cm³/mol. The van der Waals surface area contributed by atoms with Gasteiger partial charge in [0.2, 0.25) is 5.91 Å². The number of aliphatic hydroxyl groups is 3. The number of carbonyl (C=O) groups is 1. The van der Waals surface area contributed by atoms with E-state index in [4.69, 9.17) is 14.2 Å². The third kappa shape index (κ3) is 7.00. The first-order valence-electron chi connectivity index (χ1n) is 8.45. The molecule has 0 saturated carbocycles. The molecule has 0 aliphatic carbocycles. The van der Waals surface area contributed by atoms with Crippen molar-refractivity contribution in [1.29, 1.82) is 0 Å².